The first kappa shape index (κ1) is 31.1. The third-order valence-corrected chi connectivity index (χ3v) is 33.8. The van der Waals surface area contributed by atoms with Gasteiger partial charge in [0, 0.05) is 0 Å². The zero-order valence-corrected chi connectivity index (χ0v) is 33.4. The van der Waals surface area contributed by atoms with Gasteiger partial charge in [-0.2, -0.15) is 0 Å². The Morgan fingerprint density at radius 2 is 1.09 bits per heavy atom. The Morgan fingerprint density at radius 3 is 1.56 bits per heavy atom. The Balaban J connectivity index is 1.45. The van der Waals surface area contributed by atoms with Gasteiger partial charge in [-0.1, -0.05) is 0 Å². The topological polar surface area (TPSA) is 0 Å². The summed E-state index contributed by atoms with van der Waals surface area (Å²) in [5.41, 5.74) is 17.7. The molecule has 0 spiro atoms. The van der Waals surface area contributed by atoms with Crippen molar-refractivity contribution in [3.05, 3.63) is 128 Å². The molecule has 4 aromatic carbocycles. The number of hydrogen-bond donors (Lipinski definition) is 0. The van der Waals surface area contributed by atoms with E-state index in [9.17, 15) is 0 Å². The fourth-order valence-corrected chi connectivity index (χ4v) is 41.9. The van der Waals surface area contributed by atoms with Gasteiger partial charge in [0.15, 0.2) is 0 Å². The first-order chi connectivity index (χ1) is 21.6. The number of aryl methyl sites for hydroxylation is 4. The van der Waals surface area contributed by atoms with E-state index < -0.39 is 28.0 Å². The number of unbranched alkanes of at least 4 members (excludes halogenated alkanes) is 3. The third kappa shape index (κ3) is 4.92. The predicted molar refractivity (Wildman–Crippen MR) is 196 cm³/mol. The average molecular weight is 773 g/mol. The number of allylic oxidation sites excluding steroid dienone is 2. The minimum atomic E-state index is -3.08. The van der Waals surface area contributed by atoms with Gasteiger partial charge in [-0.15, -0.1) is 0 Å². The second kappa shape index (κ2) is 11.6. The van der Waals surface area contributed by atoms with Crippen LogP contribution in [0.25, 0.3) is 34.4 Å². The van der Waals surface area contributed by atoms with Crippen molar-refractivity contribution in [3.63, 3.8) is 0 Å². The molecule has 230 valence electrons. The van der Waals surface area contributed by atoms with Crippen LogP contribution in [0.1, 0.15) is 84.5 Å². The summed E-state index contributed by atoms with van der Waals surface area (Å²) < 4.78 is 6.99. The van der Waals surface area contributed by atoms with Crippen LogP contribution >= 0.6 is 0 Å². The number of fused-ring (bicyclic) bond motifs is 6. The average Bonchev–Trinajstić information content (AvgIpc) is 3.63. The van der Waals surface area contributed by atoms with Crippen LogP contribution in [0.2, 0.25) is 22.0 Å². The van der Waals surface area contributed by atoms with Crippen molar-refractivity contribution < 1.29 is 20.0 Å². The van der Waals surface area contributed by atoms with Crippen molar-refractivity contribution in [2.75, 3.05) is 0 Å². The Bertz CT molecular complexity index is 1760. The van der Waals surface area contributed by atoms with E-state index in [1.807, 2.05) is 10.4 Å². The molecule has 0 aromatic heterocycles. The molecule has 3 aliphatic rings. The molecule has 0 radical (unpaired) electrons. The van der Waals surface area contributed by atoms with Crippen LogP contribution in [0.15, 0.2) is 83.2 Å². The number of rotatable bonds is 7. The molecular weight excluding hydrogens is 723 g/mol. The second-order valence-electron chi connectivity index (χ2n) is 15.3. The van der Waals surface area contributed by atoms with Crippen LogP contribution in [0.3, 0.4) is 0 Å². The quantitative estimate of drug-likeness (QED) is 0.130. The van der Waals surface area contributed by atoms with E-state index in [-0.39, 0.29) is 0 Å². The molecule has 2 atom stereocenters. The van der Waals surface area contributed by atoms with E-state index >= 15 is 0 Å². The van der Waals surface area contributed by atoms with Gasteiger partial charge in [-0.05, 0) is 0 Å². The second-order valence-corrected chi connectivity index (χ2v) is 36.8. The zero-order chi connectivity index (χ0) is 31.7. The molecule has 1 heterocycles. The van der Waals surface area contributed by atoms with Crippen LogP contribution in [-0.4, -0.2) is 8.07 Å². The van der Waals surface area contributed by atoms with Crippen LogP contribution in [0, 0.1) is 27.7 Å². The SMILES string of the molecule is CCCCCC[Si]1(C)C2=Cc3c(-c4cc(C)ccc4C)cccc3[CH]2[Hf]([CH3])([CH3])[CH]2C1=Cc1c(-c3cc(C)ccc3C)cccc12. The van der Waals surface area contributed by atoms with E-state index in [1.165, 1.54) is 76.2 Å². The van der Waals surface area contributed by atoms with Gasteiger partial charge in [0.25, 0.3) is 0 Å². The third-order valence-electron chi connectivity index (χ3n) is 11.8. The van der Waals surface area contributed by atoms with Crippen molar-refractivity contribution in [1.82, 2.24) is 0 Å². The summed E-state index contributed by atoms with van der Waals surface area (Å²) in [6.07, 6.45) is 10.9. The minimum absolute atomic E-state index is 0.679. The van der Waals surface area contributed by atoms with E-state index in [0.717, 1.165) is 0 Å². The molecule has 1 aliphatic heterocycles. The first-order valence-electron chi connectivity index (χ1n) is 17.4. The van der Waals surface area contributed by atoms with E-state index in [1.54, 1.807) is 22.3 Å². The van der Waals surface area contributed by atoms with Gasteiger partial charge in [0.05, 0.1) is 0 Å². The van der Waals surface area contributed by atoms with Crippen molar-refractivity contribution in [1.29, 1.82) is 0 Å². The maximum atomic E-state index is 2.81. The number of hydrogen-bond acceptors (Lipinski definition) is 0. The Labute approximate surface area is 278 Å². The van der Waals surface area contributed by atoms with Crippen LogP contribution in [0.5, 0.6) is 0 Å². The summed E-state index contributed by atoms with van der Waals surface area (Å²) in [5, 5.41) is 3.78. The fourth-order valence-electron chi connectivity index (χ4n) is 9.41. The molecule has 0 bridgehead atoms. The van der Waals surface area contributed by atoms with Crippen LogP contribution in [0.4, 0.5) is 0 Å². The van der Waals surface area contributed by atoms with Crippen molar-refractivity contribution in [2.45, 2.75) is 89.6 Å². The monoisotopic (exact) mass is 774 g/mol. The van der Waals surface area contributed by atoms with Gasteiger partial charge < -0.3 is 0 Å². The van der Waals surface area contributed by atoms with Gasteiger partial charge in [-0.25, -0.2) is 0 Å². The number of benzene rings is 4. The predicted octanol–water partition coefficient (Wildman–Crippen LogP) is 12.8. The summed E-state index contributed by atoms with van der Waals surface area (Å²) in [4.78, 5) is 0. The van der Waals surface area contributed by atoms with Gasteiger partial charge >= 0.3 is 280 Å². The maximum absolute atomic E-state index is 3.08. The van der Waals surface area contributed by atoms with Crippen molar-refractivity contribution in [2.24, 2.45) is 0 Å². The molecule has 45 heavy (non-hydrogen) atoms. The standard InChI is InChI=1S/C41H44Si.2CH3.Hf/c1-7-8-9-10-21-42(6,34-24-32-13-11-15-36(40(32)26-34)38-22-28(2)17-19-30(38)4)35-25-33-14-12-16-37(41(33)27-35)39-23-29(3)18-20-31(39)5;;;/h11-20,22-27H,7-10,21H2,1-6H3;2*1H3;. The van der Waals surface area contributed by atoms with Crippen molar-refractivity contribution in [3.8, 4) is 22.3 Å². The Kier molecular flexibility index (Phi) is 8.01. The molecular formula is C43H50HfSi. The summed E-state index contributed by atoms with van der Waals surface area (Å²) in [7, 11) is -1.95. The zero-order valence-electron chi connectivity index (χ0n) is 28.8. The van der Waals surface area contributed by atoms with Crippen LogP contribution in [-0.2, 0) is 20.0 Å². The van der Waals surface area contributed by atoms with E-state index in [4.69, 9.17) is 0 Å². The summed E-state index contributed by atoms with van der Waals surface area (Å²) in [6, 6.07) is 30.0. The molecule has 7 rings (SSSR count). The molecule has 0 N–H and O–H groups in total. The summed E-state index contributed by atoms with van der Waals surface area (Å²) in [6.45, 7) is 14.2. The fraction of sp³-hybridized carbons (Fsp3) is 0.349. The van der Waals surface area contributed by atoms with Gasteiger partial charge in [0.2, 0.25) is 0 Å². The Morgan fingerprint density at radius 1 is 0.600 bits per heavy atom. The molecule has 0 nitrogen and oxygen atoms in total. The summed E-state index contributed by atoms with van der Waals surface area (Å²) >= 11 is -3.08. The molecule has 1 saturated heterocycles. The molecule has 0 saturated carbocycles. The van der Waals surface area contributed by atoms with Gasteiger partial charge in [0.1, 0.15) is 0 Å². The van der Waals surface area contributed by atoms with Crippen molar-refractivity contribution >= 4 is 20.2 Å². The molecule has 2 aliphatic carbocycles. The Hall–Kier alpha value is -2.55. The summed E-state index contributed by atoms with van der Waals surface area (Å²) in [5.74, 6) is 0. The first-order valence-corrected chi connectivity index (χ1v) is 31.5. The molecule has 1 fully saturated rings. The van der Waals surface area contributed by atoms with Crippen LogP contribution < -0.4 is 0 Å². The molecule has 2 heteroatoms. The van der Waals surface area contributed by atoms with E-state index in [2.05, 4.69) is 135 Å². The van der Waals surface area contributed by atoms with Gasteiger partial charge in [-0.3, -0.25) is 0 Å². The molecule has 4 aromatic rings. The molecule has 0 amide bonds. The molecule has 2 unspecified atom stereocenters. The normalized spacial score (nSPS) is 22.3. The van der Waals surface area contributed by atoms with E-state index in [0.29, 0.717) is 7.35 Å².